The first kappa shape index (κ1) is 15.8. The van der Waals surface area contributed by atoms with Crippen molar-refractivity contribution >= 4 is 15.9 Å². The van der Waals surface area contributed by atoms with Crippen LogP contribution >= 0.6 is 0 Å². The van der Waals surface area contributed by atoms with Crippen LogP contribution in [-0.2, 0) is 21.4 Å². The van der Waals surface area contributed by atoms with E-state index in [0.717, 1.165) is 25.1 Å². The molecule has 1 aromatic heterocycles. The van der Waals surface area contributed by atoms with E-state index in [0.29, 0.717) is 5.69 Å². The van der Waals surface area contributed by atoms with E-state index in [1.807, 2.05) is 0 Å². The maximum Gasteiger partial charge on any atom is 0.220 e. The normalized spacial score (nSPS) is 19.0. The minimum absolute atomic E-state index is 0.0244. The average molecular weight is 312 g/mol. The second-order valence-electron chi connectivity index (χ2n) is 5.03. The number of hydrogen-bond donors (Lipinski definition) is 1. The van der Waals surface area contributed by atoms with Crippen LogP contribution in [0.25, 0.3) is 0 Å². The molecule has 0 spiro atoms. The molecule has 116 valence electrons. The van der Waals surface area contributed by atoms with Gasteiger partial charge < -0.3 is 4.90 Å². The molecule has 7 nitrogen and oxygen atoms in total. The summed E-state index contributed by atoms with van der Waals surface area (Å²) in [6.45, 7) is 3.97. The third-order valence-corrected chi connectivity index (χ3v) is 4.90. The lowest BCUT2D eigenvalue weighted by Crippen LogP contribution is -2.29. The summed E-state index contributed by atoms with van der Waals surface area (Å²) in [5, 5.41) is 0. The molecule has 21 heavy (non-hydrogen) atoms. The Morgan fingerprint density at radius 2 is 2.24 bits per heavy atom. The molecule has 0 unspecified atom stereocenters. The number of rotatable bonds is 5. The smallest absolute Gasteiger partial charge is 0.220 e. The van der Waals surface area contributed by atoms with Crippen molar-refractivity contribution in [3.05, 3.63) is 23.8 Å². The Bertz CT molecular complexity index is 618. The standard InChI is InChI=1S/C13H20N4O3S/c1-3-21(19,20)15-8-11-7-14-9-12(16-11)13-5-4-6-17(13)10(2)18/h7,9,13,15H,3-6,8H2,1-2H3/t13-/m0/s1. The maximum absolute atomic E-state index is 11.6. The second kappa shape index (κ2) is 6.48. The van der Waals surface area contributed by atoms with Gasteiger partial charge in [0.15, 0.2) is 0 Å². The van der Waals surface area contributed by atoms with Gasteiger partial charge in [-0.05, 0) is 19.8 Å². The fraction of sp³-hybridized carbons (Fsp3) is 0.615. The van der Waals surface area contributed by atoms with Gasteiger partial charge in [0.2, 0.25) is 15.9 Å². The highest BCUT2D eigenvalue weighted by atomic mass is 32.2. The summed E-state index contributed by atoms with van der Waals surface area (Å²) in [4.78, 5) is 21.9. The molecule has 1 atom stereocenters. The number of nitrogens with one attached hydrogen (secondary N) is 1. The first-order valence-corrected chi connectivity index (χ1v) is 8.63. The second-order valence-corrected chi connectivity index (χ2v) is 7.13. The summed E-state index contributed by atoms with van der Waals surface area (Å²) >= 11 is 0. The van der Waals surface area contributed by atoms with Gasteiger partial charge in [0.25, 0.3) is 0 Å². The van der Waals surface area contributed by atoms with E-state index >= 15 is 0 Å². The molecule has 0 radical (unpaired) electrons. The van der Waals surface area contributed by atoms with E-state index in [9.17, 15) is 13.2 Å². The number of sulfonamides is 1. The highest BCUT2D eigenvalue weighted by molar-refractivity contribution is 7.89. The summed E-state index contributed by atoms with van der Waals surface area (Å²) < 4.78 is 25.4. The van der Waals surface area contributed by atoms with E-state index in [1.54, 1.807) is 24.9 Å². The summed E-state index contributed by atoms with van der Waals surface area (Å²) in [5.41, 5.74) is 1.27. The van der Waals surface area contributed by atoms with Gasteiger partial charge in [-0.2, -0.15) is 0 Å². The Kier molecular flexibility index (Phi) is 4.89. The molecule has 1 saturated heterocycles. The Morgan fingerprint density at radius 3 is 2.90 bits per heavy atom. The van der Waals surface area contributed by atoms with Crippen LogP contribution in [0.4, 0.5) is 0 Å². The maximum atomic E-state index is 11.6. The molecule has 2 heterocycles. The topological polar surface area (TPSA) is 92.3 Å². The first-order chi connectivity index (χ1) is 9.93. The van der Waals surface area contributed by atoms with Gasteiger partial charge in [-0.15, -0.1) is 0 Å². The van der Waals surface area contributed by atoms with Crippen molar-refractivity contribution in [3.63, 3.8) is 0 Å². The van der Waals surface area contributed by atoms with Crippen LogP contribution in [0.2, 0.25) is 0 Å². The molecule has 0 saturated carbocycles. The van der Waals surface area contributed by atoms with Gasteiger partial charge in [-0.25, -0.2) is 13.1 Å². The average Bonchev–Trinajstić information content (AvgIpc) is 2.95. The monoisotopic (exact) mass is 312 g/mol. The number of amides is 1. The lowest BCUT2D eigenvalue weighted by molar-refractivity contribution is -0.129. The highest BCUT2D eigenvalue weighted by Crippen LogP contribution is 2.30. The molecule has 0 aliphatic carbocycles. The van der Waals surface area contributed by atoms with E-state index < -0.39 is 10.0 Å². The Morgan fingerprint density at radius 1 is 1.48 bits per heavy atom. The zero-order chi connectivity index (χ0) is 15.5. The minimum Gasteiger partial charge on any atom is -0.334 e. The molecule has 0 aromatic carbocycles. The van der Waals surface area contributed by atoms with Crippen molar-refractivity contribution < 1.29 is 13.2 Å². The summed E-state index contributed by atoms with van der Waals surface area (Å²) in [6, 6.07) is -0.0577. The zero-order valence-electron chi connectivity index (χ0n) is 12.2. The van der Waals surface area contributed by atoms with Gasteiger partial charge >= 0.3 is 0 Å². The Labute approximate surface area is 124 Å². The van der Waals surface area contributed by atoms with E-state index in [4.69, 9.17) is 0 Å². The third kappa shape index (κ3) is 3.98. The number of hydrogen-bond acceptors (Lipinski definition) is 5. The highest BCUT2D eigenvalue weighted by Gasteiger charge is 2.29. The Balaban J connectivity index is 2.12. The van der Waals surface area contributed by atoms with Crippen molar-refractivity contribution in [3.8, 4) is 0 Å². The molecule has 1 aliphatic heterocycles. The molecule has 1 amide bonds. The van der Waals surface area contributed by atoms with Gasteiger partial charge in [0, 0.05) is 19.7 Å². The fourth-order valence-electron chi connectivity index (χ4n) is 2.41. The molecule has 1 aliphatic rings. The number of carbonyl (C=O) groups is 1. The largest absolute Gasteiger partial charge is 0.334 e. The van der Waals surface area contributed by atoms with Crippen molar-refractivity contribution in [1.29, 1.82) is 0 Å². The predicted molar refractivity (Wildman–Crippen MR) is 77.7 cm³/mol. The molecule has 0 bridgehead atoms. The van der Waals surface area contributed by atoms with E-state index in [2.05, 4.69) is 14.7 Å². The number of aromatic nitrogens is 2. The van der Waals surface area contributed by atoms with Crippen molar-refractivity contribution in [1.82, 2.24) is 19.6 Å². The van der Waals surface area contributed by atoms with Crippen molar-refractivity contribution in [2.45, 2.75) is 39.3 Å². The van der Waals surface area contributed by atoms with Crippen LogP contribution in [0.3, 0.4) is 0 Å². The molecule has 1 fully saturated rings. The van der Waals surface area contributed by atoms with Crippen LogP contribution in [0.15, 0.2) is 12.4 Å². The van der Waals surface area contributed by atoms with Gasteiger partial charge in [0.05, 0.1) is 35.9 Å². The van der Waals surface area contributed by atoms with Gasteiger partial charge in [0.1, 0.15) is 0 Å². The van der Waals surface area contributed by atoms with Crippen LogP contribution in [-0.4, -0.2) is 41.5 Å². The van der Waals surface area contributed by atoms with Gasteiger partial charge in [-0.3, -0.25) is 14.8 Å². The van der Waals surface area contributed by atoms with Crippen molar-refractivity contribution in [2.24, 2.45) is 0 Å². The SMILES string of the molecule is CCS(=O)(=O)NCc1cncc([C@@H]2CCCN2C(C)=O)n1. The molecular weight excluding hydrogens is 292 g/mol. The molecule has 8 heteroatoms. The first-order valence-electron chi connectivity index (χ1n) is 6.98. The number of likely N-dealkylation sites (tertiary alicyclic amines) is 1. The van der Waals surface area contributed by atoms with Crippen molar-refractivity contribution in [2.75, 3.05) is 12.3 Å². The van der Waals surface area contributed by atoms with Crippen LogP contribution in [0.5, 0.6) is 0 Å². The van der Waals surface area contributed by atoms with Crippen LogP contribution in [0, 0.1) is 0 Å². The van der Waals surface area contributed by atoms with Crippen LogP contribution < -0.4 is 4.72 Å². The molecule has 1 aromatic rings. The summed E-state index contributed by atoms with van der Waals surface area (Å²) in [5.74, 6) is 0.0531. The fourth-order valence-corrected chi connectivity index (χ4v) is 2.98. The van der Waals surface area contributed by atoms with Gasteiger partial charge in [-0.1, -0.05) is 0 Å². The van der Waals surface area contributed by atoms with E-state index in [1.165, 1.54) is 6.20 Å². The Hall–Kier alpha value is -1.54. The minimum atomic E-state index is -3.26. The molecule has 2 rings (SSSR count). The lowest BCUT2D eigenvalue weighted by Gasteiger charge is -2.22. The third-order valence-electron chi connectivity index (χ3n) is 3.55. The zero-order valence-corrected chi connectivity index (χ0v) is 13.1. The molecular formula is C13H20N4O3S. The molecule has 1 N–H and O–H groups in total. The quantitative estimate of drug-likeness (QED) is 0.859. The van der Waals surface area contributed by atoms with E-state index in [-0.39, 0.29) is 24.2 Å². The number of carbonyl (C=O) groups excluding carboxylic acids is 1. The lowest BCUT2D eigenvalue weighted by atomic mass is 10.1. The summed E-state index contributed by atoms with van der Waals surface area (Å²) in [7, 11) is -3.26. The predicted octanol–water partition coefficient (Wildman–Crippen LogP) is 0.599. The summed E-state index contributed by atoms with van der Waals surface area (Å²) in [6.07, 6.45) is 4.98. The number of nitrogens with zero attached hydrogens (tertiary/aromatic N) is 3. The van der Waals surface area contributed by atoms with Crippen LogP contribution in [0.1, 0.15) is 44.1 Å².